The molecule has 1 aliphatic carbocycles. The molecule has 3 rings (SSSR count). The molecule has 0 bridgehead atoms. The first-order valence-corrected chi connectivity index (χ1v) is 19.3. The number of rotatable bonds is 23. The molecule has 0 N–H and O–H groups in total. The Labute approximate surface area is 240 Å². The first-order valence-electron chi connectivity index (χ1n) is 15.4. The van der Waals surface area contributed by atoms with E-state index in [9.17, 15) is 0 Å². The van der Waals surface area contributed by atoms with Crippen LogP contribution in [0.1, 0.15) is 85.0 Å². The monoisotopic (exact) mass is 594 g/mol. The molecule has 0 aromatic heterocycles. The summed E-state index contributed by atoms with van der Waals surface area (Å²) in [6.45, 7) is 10.6. The van der Waals surface area contributed by atoms with E-state index in [1.165, 1.54) is 44.9 Å². The fourth-order valence-electron chi connectivity index (χ4n) is 5.32. The van der Waals surface area contributed by atoms with Crippen molar-refractivity contribution in [2.24, 2.45) is 5.92 Å². The Morgan fingerprint density at radius 3 is 1.82 bits per heavy atom. The second-order valence-electron chi connectivity index (χ2n) is 10.6. The fourth-order valence-corrected chi connectivity index (χ4v) is 9.88. The predicted octanol–water partition coefficient (Wildman–Crippen LogP) is 5.61. The molecule has 0 amide bonds. The molecule has 39 heavy (non-hydrogen) atoms. The zero-order chi connectivity index (χ0) is 28.4. The van der Waals surface area contributed by atoms with E-state index in [2.05, 4.69) is 0 Å². The van der Waals surface area contributed by atoms with Crippen LogP contribution in [0.3, 0.4) is 0 Å². The Kier molecular flexibility index (Phi) is 18.1. The Morgan fingerprint density at radius 2 is 1.28 bits per heavy atom. The molecule has 4 unspecified atom stereocenters. The van der Waals surface area contributed by atoms with Gasteiger partial charge in [0.05, 0.1) is 25.4 Å². The van der Waals surface area contributed by atoms with Gasteiger partial charge in [-0.3, -0.25) is 0 Å². The Bertz CT molecular complexity index is 582. The minimum absolute atomic E-state index is 0.391. The number of hydrogen-bond acceptors (Lipinski definition) is 9. The van der Waals surface area contributed by atoms with Crippen LogP contribution < -0.4 is 0 Å². The van der Waals surface area contributed by atoms with Crippen LogP contribution >= 0.6 is 0 Å². The highest BCUT2D eigenvalue weighted by Crippen LogP contribution is 2.41. The standard InChI is InChI=1S/C14H30O5Si.C14H28O4Si/c1-15-20(16-2,17-3)11-9-7-5-4-6-8-10-18-12-14-13-19-14;1-4-15-19(16-5-2,17-6-3)10-9-12-7-8-13-14(11-12)18-13/h14H,4-13H2,1-3H3;12-14H,4-11H2,1-3H3. The number of epoxide rings is 2. The van der Waals surface area contributed by atoms with E-state index in [0.717, 1.165) is 57.1 Å². The number of hydrogen-bond donors (Lipinski definition) is 0. The highest BCUT2D eigenvalue weighted by atomic mass is 28.4. The quantitative estimate of drug-likeness (QED) is 0.0850. The van der Waals surface area contributed by atoms with E-state index in [4.69, 9.17) is 40.8 Å². The maximum absolute atomic E-state index is 5.90. The van der Waals surface area contributed by atoms with Crippen molar-refractivity contribution in [2.75, 3.05) is 61.0 Å². The third kappa shape index (κ3) is 14.2. The summed E-state index contributed by atoms with van der Waals surface area (Å²) < 4.78 is 50.1. The van der Waals surface area contributed by atoms with Crippen LogP contribution in [-0.2, 0) is 40.8 Å². The summed E-state index contributed by atoms with van der Waals surface area (Å²) in [6.07, 6.45) is 13.7. The second-order valence-corrected chi connectivity index (χ2v) is 16.4. The Hall–Kier alpha value is 0.0738. The molecule has 3 fully saturated rings. The van der Waals surface area contributed by atoms with Gasteiger partial charge in [0, 0.05) is 59.8 Å². The van der Waals surface area contributed by atoms with Gasteiger partial charge in [-0.15, -0.1) is 0 Å². The predicted molar refractivity (Wildman–Crippen MR) is 156 cm³/mol. The van der Waals surface area contributed by atoms with Crippen molar-refractivity contribution in [2.45, 2.75) is 115 Å². The molecule has 0 aromatic rings. The molecule has 3 aliphatic rings. The second kappa shape index (κ2) is 20.1. The van der Waals surface area contributed by atoms with Gasteiger partial charge in [0.15, 0.2) is 0 Å². The van der Waals surface area contributed by atoms with Crippen molar-refractivity contribution >= 4 is 17.6 Å². The molecule has 2 heterocycles. The zero-order valence-corrected chi connectivity index (χ0v) is 27.7. The van der Waals surface area contributed by atoms with Crippen molar-refractivity contribution in [3.63, 3.8) is 0 Å². The molecular formula is C28H58O9Si2. The number of fused-ring (bicyclic) bond motifs is 1. The van der Waals surface area contributed by atoms with E-state index in [1.807, 2.05) is 20.8 Å². The van der Waals surface area contributed by atoms with Gasteiger partial charge in [-0.2, -0.15) is 0 Å². The van der Waals surface area contributed by atoms with Gasteiger partial charge >= 0.3 is 17.6 Å². The minimum Gasteiger partial charge on any atom is -0.379 e. The van der Waals surface area contributed by atoms with E-state index in [-0.39, 0.29) is 0 Å². The molecule has 4 atom stereocenters. The average Bonchev–Trinajstić information content (AvgIpc) is 3.88. The third-order valence-corrected chi connectivity index (χ3v) is 13.6. The fraction of sp³-hybridized carbons (Fsp3) is 1.00. The summed E-state index contributed by atoms with van der Waals surface area (Å²) in [5.74, 6) is 0.761. The van der Waals surface area contributed by atoms with Crippen LogP contribution in [0, 0.1) is 5.92 Å². The van der Waals surface area contributed by atoms with Crippen LogP contribution in [0.5, 0.6) is 0 Å². The molecular weight excluding hydrogens is 536 g/mol. The van der Waals surface area contributed by atoms with Gasteiger partial charge in [0.25, 0.3) is 0 Å². The Morgan fingerprint density at radius 1 is 0.692 bits per heavy atom. The molecule has 232 valence electrons. The number of unbranched alkanes of at least 4 members (excludes halogenated alkanes) is 5. The van der Waals surface area contributed by atoms with E-state index >= 15 is 0 Å². The maximum Gasteiger partial charge on any atom is 0.500 e. The van der Waals surface area contributed by atoms with E-state index < -0.39 is 17.6 Å². The first-order chi connectivity index (χ1) is 19.0. The van der Waals surface area contributed by atoms with Gasteiger partial charge in [-0.05, 0) is 65.2 Å². The average molecular weight is 595 g/mol. The lowest BCUT2D eigenvalue weighted by molar-refractivity contribution is 0.0691. The molecule has 0 radical (unpaired) electrons. The van der Waals surface area contributed by atoms with Crippen molar-refractivity contribution in [1.82, 2.24) is 0 Å². The summed E-state index contributed by atoms with van der Waals surface area (Å²) >= 11 is 0. The topological polar surface area (TPSA) is 89.7 Å². The SMILES string of the molecule is CCO[Si](CCC1CCC2OC2C1)(OCC)OCC.CO[Si](CCCCCCCCOCC1CO1)(OC)OC. The lowest BCUT2D eigenvalue weighted by Crippen LogP contribution is -2.46. The van der Waals surface area contributed by atoms with Gasteiger partial charge in [-0.25, -0.2) is 0 Å². The van der Waals surface area contributed by atoms with E-state index in [0.29, 0.717) is 38.1 Å². The van der Waals surface area contributed by atoms with Crippen LogP contribution in [0.25, 0.3) is 0 Å². The van der Waals surface area contributed by atoms with E-state index in [1.54, 1.807) is 21.3 Å². The van der Waals surface area contributed by atoms with Crippen molar-refractivity contribution in [3.8, 4) is 0 Å². The lowest BCUT2D eigenvalue weighted by Gasteiger charge is -2.30. The smallest absolute Gasteiger partial charge is 0.379 e. The zero-order valence-electron chi connectivity index (χ0n) is 25.7. The third-order valence-electron chi connectivity index (χ3n) is 7.73. The van der Waals surface area contributed by atoms with Crippen LogP contribution in [0.4, 0.5) is 0 Å². The molecule has 0 aromatic carbocycles. The lowest BCUT2D eigenvalue weighted by atomic mass is 9.88. The molecule has 9 nitrogen and oxygen atoms in total. The summed E-state index contributed by atoms with van der Waals surface area (Å²) in [6, 6.07) is 1.85. The minimum atomic E-state index is -2.43. The summed E-state index contributed by atoms with van der Waals surface area (Å²) in [5.41, 5.74) is 0. The summed E-state index contributed by atoms with van der Waals surface area (Å²) in [4.78, 5) is 0. The number of ether oxygens (including phenoxy) is 3. The Balaban J connectivity index is 0.000000274. The van der Waals surface area contributed by atoms with Gasteiger partial charge in [-0.1, -0.05) is 25.7 Å². The largest absolute Gasteiger partial charge is 0.500 e. The molecule has 2 saturated heterocycles. The van der Waals surface area contributed by atoms with Gasteiger partial charge < -0.3 is 40.8 Å². The van der Waals surface area contributed by atoms with Gasteiger partial charge in [0.1, 0.15) is 6.10 Å². The first kappa shape index (κ1) is 35.3. The molecule has 0 spiro atoms. The highest BCUT2D eigenvalue weighted by Gasteiger charge is 2.46. The van der Waals surface area contributed by atoms with Crippen molar-refractivity contribution in [3.05, 3.63) is 0 Å². The van der Waals surface area contributed by atoms with Crippen LogP contribution in [-0.4, -0.2) is 96.9 Å². The summed E-state index contributed by atoms with van der Waals surface area (Å²) in [5, 5.41) is 0. The molecule has 1 saturated carbocycles. The van der Waals surface area contributed by atoms with Crippen molar-refractivity contribution < 1.29 is 40.8 Å². The highest BCUT2D eigenvalue weighted by molar-refractivity contribution is 6.61. The summed E-state index contributed by atoms with van der Waals surface area (Å²) in [7, 11) is 0.249. The van der Waals surface area contributed by atoms with Gasteiger partial charge in [0.2, 0.25) is 0 Å². The normalized spacial score (nSPS) is 24.2. The molecule has 11 heteroatoms. The van der Waals surface area contributed by atoms with Crippen molar-refractivity contribution in [1.29, 1.82) is 0 Å². The maximum atomic E-state index is 5.90. The van der Waals surface area contributed by atoms with Crippen LogP contribution in [0.2, 0.25) is 12.1 Å². The van der Waals surface area contributed by atoms with Crippen LogP contribution in [0.15, 0.2) is 0 Å². The molecule has 2 aliphatic heterocycles.